The van der Waals surface area contributed by atoms with Gasteiger partial charge in [0.1, 0.15) is 0 Å². The van der Waals surface area contributed by atoms with Crippen molar-refractivity contribution in [2.24, 2.45) is 5.92 Å². The lowest BCUT2D eigenvalue weighted by atomic mass is 10.0. The summed E-state index contributed by atoms with van der Waals surface area (Å²) in [5, 5.41) is 13.1. The van der Waals surface area contributed by atoms with E-state index in [-0.39, 0.29) is 6.10 Å². The van der Waals surface area contributed by atoms with Crippen molar-refractivity contribution in [1.82, 2.24) is 10.2 Å². The largest absolute Gasteiger partial charge is 0.390 e. The molecule has 0 aliphatic carbocycles. The standard InChI is InChI=1S/C13H28N2O2/c1-11(2)14-7-13(16)9-15(3)8-12-5-4-6-17-10-12/h11-14,16H,4-10H2,1-3H3. The van der Waals surface area contributed by atoms with E-state index in [0.29, 0.717) is 18.5 Å². The summed E-state index contributed by atoms with van der Waals surface area (Å²) in [4.78, 5) is 2.21. The molecule has 2 unspecified atom stereocenters. The highest BCUT2D eigenvalue weighted by Crippen LogP contribution is 2.14. The maximum atomic E-state index is 9.86. The Hall–Kier alpha value is -0.160. The van der Waals surface area contributed by atoms with E-state index < -0.39 is 0 Å². The molecule has 1 aliphatic rings. The molecule has 1 heterocycles. The molecule has 2 N–H and O–H groups in total. The quantitative estimate of drug-likeness (QED) is 0.692. The Labute approximate surface area is 105 Å². The smallest absolute Gasteiger partial charge is 0.0791 e. The van der Waals surface area contributed by atoms with Crippen molar-refractivity contribution in [1.29, 1.82) is 0 Å². The van der Waals surface area contributed by atoms with Crippen molar-refractivity contribution in [3.05, 3.63) is 0 Å². The second kappa shape index (κ2) is 8.03. The van der Waals surface area contributed by atoms with Crippen molar-refractivity contribution in [3.63, 3.8) is 0 Å². The summed E-state index contributed by atoms with van der Waals surface area (Å²) in [6.07, 6.45) is 2.15. The first-order valence-corrected chi connectivity index (χ1v) is 6.75. The van der Waals surface area contributed by atoms with Crippen molar-refractivity contribution in [2.75, 3.05) is 39.9 Å². The lowest BCUT2D eigenvalue weighted by Crippen LogP contribution is -2.41. The van der Waals surface area contributed by atoms with Gasteiger partial charge < -0.3 is 20.1 Å². The third-order valence-electron chi connectivity index (χ3n) is 3.11. The number of rotatable bonds is 7. The normalized spacial score (nSPS) is 23.3. The van der Waals surface area contributed by atoms with Gasteiger partial charge in [-0.15, -0.1) is 0 Å². The molecule has 0 aromatic rings. The highest BCUT2D eigenvalue weighted by atomic mass is 16.5. The minimum Gasteiger partial charge on any atom is -0.390 e. The van der Waals surface area contributed by atoms with Crippen LogP contribution in [0.1, 0.15) is 26.7 Å². The van der Waals surface area contributed by atoms with Gasteiger partial charge in [0.25, 0.3) is 0 Å². The number of hydrogen-bond acceptors (Lipinski definition) is 4. The number of likely N-dealkylation sites (N-methyl/N-ethyl adjacent to an activating group) is 1. The predicted molar refractivity (Wildman–Crippen MR) is 70.2 cm³/mol. The van der Waals surface area contributed by atoms with Crippen LogP contribution >= 0.6 is 0 Å². The fourth-order valence-corrected chi connectivity index (χ4v) is 2.26. The van der Waals surface area contributed by atoms with E-state index in [1.165, 1.54) is 12.8 Å². The van der Waals surface area contributed by atoms with Gasteiger partial charge in [-0.3, -0.25) is 0 Å². The van der Waals surface area contributed by atoms with Crippen LogP contribution in [-0.2, 0) is 4.74 Å². The summed E-state index contributed by atoms with van der Waals surface area (Å²) >= 11 is 0. The third kappa shape index (κ3) is 6.99. The molecule has 2 atom stereocenters. The average Bonchev–Trinajstić information content (AvgIpc) is 2.27. The van der Waals surface area contributed by atoms with Crippen molar-refractivity contribution >= 4 is 0 Å². The maximum absolute atomic E-state index is 9.86. The molecule has 0 aromatic carbocycles. The molecular formula is C13H28N2O2. The Morgan fingerprint density at radius 1 is 1.47 bits per heavy atom. The van der Waals surface area contributed by atoms with Crippen LogP contribution in [0.5, 0.6) is 0 Å². The monoisotopic (exact) mass is 244 g/mol. The summed E-state index contributed by atoms with van der Waals surface area (Å²) in [5.74, 6) is 0.638. The molecule has 0 amide bonds. The van der Waals surface area contributed by atoms with Crippen LogP contribution in [0.4, 0.5) is 0 Å². The summed E-state index contributed by atoms with van der Waals surface area (Å²) in [7, 11) is 2.08. The highest BCUT2D eigenvalue weighted by Gasteiger charge is 2.17. The molecule has 0 saturated carbocycles. The van der Waals surface area contributed by atoms with E-state index in [4.69, 9.17) is 4.74 Å². The van der Waals surface area contributed by atoms with Crippen molar-refractivity contribution < 1.29 is 9.84 Å². The van der Waals surface area contributed by atoms with Crippen LogP contribution in [0.2, 0.25) is 0 Å². The van der Waals surface area contributed by atoms with Crippen LogP contribution in [0, 0.1) is 5.92 Å². The van der Waals surface area contributed by atoms with Gasteiger partial charge in [-0.05, 0) is 25.8 Å². The molecule has 1 saturated heterocycles. The number of ether oxygens (including phenoxy) is 1. The second-order valence-electron chi connectivity index (χ2n) is 5.52. The van der Waals surface area contributed by atoms with Crippen molar-refractivity contribution in [2.45, 2.75) is 38.8 Å². The molecule has 0 spiro atoms. The first kappa shape index (κ1) is 14.9. The third-order valence-corrected chi connectivity index (χ3v) is 3.11. The first-order chi connectivity index (χ1) is 8.08. The van der Waals surface area contributed by atoms with Crippen LogP contribution in [0.15, 0.2) is 0 Å². The predicted octanol–water partition coefficient (Wildman–Crippen LogP) is 0.704. The molecule has 1 aliphatic heterocycles. The minimum atomic E-state index is -0.285. The maximum Gasteiger partial charge on any atom is 0.0791 e. The SMILES string of the molecule is CC(C)NCC(O)CN(C)CC1CCCOC1. The highest BCUT2D eigenvalue weighted by molar-refractivity contribution is 4.70. The molecule has 0 bridgehead atoms. The Morgan fingerprint density at radius 3 is 2.82 bits per heavy atom. The molecule has 1 rings (SSSR count). The van der Waals surface area contributed by atoms with Crippen LogP contribution < -0.4 is 5.32 Å². The van der Waals surface area contributed by atoms with E-state index in [0.717, 1.165) is 26.3 Å². The topological polar surface area (TPSA) is 44.7 Å². The molecule has 0 radical (unpaired) electrons. The van der Waals surface area contributed by atoms with Gasteiger partial charge >= 0.3 is 0 Å². The van der Waals surface area contributed by atoms with Crippen molar-refractivity contribution in [3.8, 4) is 0 Å². The molecule has 102 valence electrons. The van der Waals surface area contributed by atoms with E-state index >= 15 is 0 Å². The van der Waals surface area contributed by atoms with Crippen LogP contribution in [-0.4, -0.2) is 62.0 Å². The zero-order chi connectivity index (χ0) is 12.7. The average molecular weight is 244 g/mol. The molecule has 4 nitrogen and oxygen atoms in total. The minimum absolute atomic E-state index is 0.285. The number of aliphatic hydroxyl groups excluding tert-OH is 1. The Kier molecular flexibility index (Phi) is 7.04. The number of nitrogens with zero attached hydrogens (tertiary/aromatic N) is 1. The van der Waals surface area contributed by atoms with E-state index in [1.54, 1.807) is 0 Å². The summed E-state index contributed by atoms with van der Waals surface area (Å²) in [5.41, 5.74) is 0. The van der Waals surface area contributed by atoms with Gasteiger partial charge in [-0.2, -0.15) is 0 Å². The molecule has 1 fully saturated rings. The zero-order valence-electron chi connectivity index (χ0n) is 11.5. The van der Waals surface area contributed by atoms with Gasteiger partial charge in [0.2, 0.25) is 0 Å². The molecular weight excluding hydrogens is 216 g/mol. The number of aliphatic hydroxyl groups is 1. The summed E-state index contributed by atoms with van der Waals surface area (Å²) in [6.45, 7) is 8.41. The van der Waals surface area contributed by atoms with Gasteiger partial charge in [-0.1, -0.05) is 13.8 Å². The van der Waals surface area contributed by atoms with Gasteiger partial charge in [0.05, 0.1) is 12.7 Å². The second-order valence-corrected chi connectivity index (χ2v) is 5.52. The summed E-state index contributed by atoms with van der Waals surface area (Å²) in [6, 6.07) is 0.432. The Bertz CT molecular complexity index is 194. The van der Waals surface area contributed by atoms with E-state index in [1.807, 2.05) is 0 Å². The summed E-state index contributed by atoms with van der Waals surface area (Å²) < 4.78 is 5.47. The molecule has 17 heavy (non-hydrogen) atoms. The van der Waals surface area contributed by atoms with Gasteiger partial charge in [0.15, 0.2) is 0 Å². The Morgan fingerprint density at radius 2 is 2.24 bits per heavy atom. The van der Waals surface area contributed by atoms with E-state index in [2.05, 4.69) is 31.1 Å². The molecule has 4 heteroatoms. The van der Waals surface area contributed by atoms with Crippen LogP contribution in [0.3, 0.4) is 0 Å². The first-order valence-electron chi connectivity index (χ1n) is 6.75. The van der Waals surface area contributed by atoms with Gasteiger partial charge in [0, 0.05) is 32.3 Å². The lowest BCUT2D eigenvalue weighted by molar-refractivity contribution is 0.0342. The fraction of sp³-hybridized carbons (Fsp3) is 1.00. The number of nitrogens with one attached hydrogen (secondary N) is 1. The van der Waals surface area contributed by atoms with Gasteiger partial charge in [-0.25, -0.2) is 0 Å². The number of hydrogen-bond donors (Lipinski definition) is 2. The fourth-order valence-electron chi connectivity index (χ4n) is 2.26. The lowest BCUT2D eigenvalue weighted by Gasteiger charge is -2.28. The molecule has 0 aromatic heterocycles. The van der Waals surface area contributed by atoms with E-state index in [9.17, 15) is 5.11 Å². The van der Waals surface area contributed by atoms with Crippen LogP contribution in [0.25, 0.3) is 0 Å². The Balaban J connectivity index is 2.12. The zero-order valence-corrected chi connectivity index (χ0v) is 11.5.